The third kappa shape index (κ3) is 5.12. The van der Waals surface area contributed by atoms with Gasteiger partial charge in [0.1, 0.15) is 12.7 Å². The number of piperidine rings is 1. The second kappa shape index (κ2) is 9.79. The second-order valence-electron chi connectivity index (χ2n) is 8.54. The summed E-state index contributed by atoms with van der Waals surface area (Å²) >= 11 is 0. The number of aromatic nitrogens is 3. The quantitative estimate of drug-likeness (QED) is 0.563. The average molecular weight is 485 g/mol. The third-order valence-electron chi connectivity index (χ3n) is 6.18. The number of nitrogens with two attached hydrogens (primary N) is 1. The van der Waals surface area contributed by atoms with Crippen molar-refractivity contribution >= 4 is 26.9 Å². The molecule has 1 atom stereocenters. The maximum absolute atomic E-state index is 11.7. The number of pyridine rings is 1. The van der Waals surface area contributed by atoms with Crippen LogP contribution in [0.5, 0.6) is 5.88 Å². The first-order chi connectivity index (χ1) is 16.5. The monoisotopic (exact) mass is 484 g/mol. The van der Waals surface area contributed by atoms with Crippen molar-refractivity contribution in [2.45, 2.75) is 25.4 Å². The van der Waals surface area contributed by atoms with E-state index in [0.717, 1.165) is 24.3 Å². The Hall–Kier alpha value is -2.86. The molecule has 4 heterocycles. The highest BCUT2D eigenvalue weighted by atomic mass is 32.2. The number of anilines is 1. The van der Waals surface area contributed by atoms with Gasteiger partial charge in [-0.3, -0.25) is 4.98 Å². The molecule has 5 rings (SSSR count). The van der Waals surface area contributed by atoms with Crippen molar-refractivity contribution in [2.75, 3.05) is 44.3 Å². The smallest absolute Gasteiger partial charge is 0.277 e. The van der Waals surface area contributed by atoms with Gasteiger partial charge in [0.25, 0.3) is 10.2 Å². The van der Waals surface area contributed by atoms with Gasteiger partial charge in [-0.15, -0.1) is 0 Å². The van der Waals surface area contributed by atoms with Gasteiger partial charge in [-0.25, -0.2) is 15.1 Å². The summed E-state index contributed by atoms with van der Waals surface area (Å²) in [6, 6.07) is 10.3. The van der Waals surface area contributed by atoms with Gasteiger partial charge in [-0.2, -0.15) is 12.7 Å². The summed E-state index contributed by atoms with van der Waals surface area (Å²) in [6.45, 7) is 2.90. The van der Waals surface area contributed by atoms with Crippen molar-refractivity contribution < 1.29 is 17.9 Å². The molecule has 11 heteroatoms. The van der Waals surface area contributed by atoms with Crippen LogP contribution < -0.4 is 14.8 Å². The molecule has 2 fully saturated rings. The third-order valence-corrected chi connectivity index (χ3v) is 7.23. The van der Waals surface area contributed by atoms with E-state index in [1.807, 2.05) is 6.07 Å². The fraction of sp³-hybridized carbons (Fsp3) is 0.435. The molecular formula is C23H28N6O4S. The summed E-state index contributed by atoms with van der Waals surface area (Å²) < 4.78 is 36.2. The van der Waals surface area contributed by atoms with Crippen LogP contribution in [0.3, 0.4) is 0 Å². The minimum absolute atomic E-state index is 0.113. The standard InChI is InChI=1S/C23H28N6O4S/c24-34(30,31)29-12-13-32-19(15-29)16-33-23-22-21(25-8-9-26-22)14-20(27-23)17-4-6-18(7-5-17)28-10-2-1-3-11-28/h4-9,14,19H,1-3,10-13,15-16H2,(H2,24,30,31)/t19-/m0/s1. The van der Waals surface area contributed by atoms with Crippen molar-refractivity contribution in [1.29, 1.82) is 0 Å². The van der Waals surface area contributed by atoms with Crippen LogP contribution in [0.2, 0.25) is 0 Å². The molecule has 10 nitrogen and oxygen atoms in total. The molecule has 2 aliphatic rings. The molecule has 0 amide bonds. The van der Waals surface area contributed by atoms with E-state index in [9.17, 15) is 8.42 Å². The first-order valence-electron chi connectivity index (χ1n) is 11.5. The summed E-state index contributed by atoms with van der Waals surface area (Å²) in [6.07, 6.45) is 6.51. The second-order valence-corrected chi connectivity index (χ2v) is 10.1. The molecule has 34 heavy (non-hydrogen) atoms. The number of hydrogen-bond acceptors (Lipinski definition) is 8. The Balaban J connectivity index is 1.37. The van der Waals surface area contributed by atoms with Crippen LogP contribution in [-0.4, -0.2) is 73.2 Å². The van der Waals surface area contributed by atoms with Crippen LogP contribution in [0.25, 0.3) is 22.3 Å². The SMILES string of the molecule is NS(=O)(=O)N1CCO[C@H](COc2nc(-c3ccc(N4CCCCC4)cc3)cc3nccnc23)C1. The van der Waals surface area contributed by atoms with Gasteiger partial charge >= 0.3 is 0 Å². The zero-order valence-corrected chi connectivity index (χ0v) is 19.7. The number of hydrogen-bond donors (Lipinski definition) is 1. The van der Waals surface area contributed by atoms with E-state index in [2.05, 4.69) is 39.1 Å². The normalized spacial score (nSPS) is 19.9. The van der Waals surface area contributed by atoms with E-state index < -0.39 is 16.3 Å². The Morgan fingerprint density at radius 2 is 1.82 bits per heavy atom. The molecule has 180 valence electrons. The summed E-state index contributed by atoms with van der Waals surface area (Å²) in [5, 5.41) is 5.26. The van der Waals surface area contributed by atoms with E-state index in [1.54, 1.807) is 12.4 Å². The lowest BCUT2D eigenvalue weighted by Crippen LogP contribution is -2.49. The summed E-state index contributed by atoms with van der Waals surface area (Å²) in [7, 11) is -3.77. The lowest BCUT2D eigenvalue weighted by Gasteiger charge is -2.30. The molecule has 0 aliphatic carbocycles. The Morgan fingerprint density at radius 1 is 1.06 bits per heavy atom. The largest absolute Gasteiger partial charge is 0.473 e. The first-order valence-corrected chi connectivity index (χ1v) is 13.0. The highest BCUT2D eigenvalue weighted by Crippen LogP contribution is 2.29. The number of nitrogens with zero attached hydrogens (tertiary/aromatic N) is 5. The maximum atomic E-state index is 11.7. The van der Waals surface area contributed by atoms with Crippen molar-refractivity contribution in [3.8, 4) is 17.1 Å². The molecular weight excluding hydrogens is 456 g/mol. The minimum atomic E-state index is -3.77. The van der Waals surface area contributed by atoms with Gasteiger partial charge in [0.15, 0.2) is 5.52 Å². The molecule has 0 bridgehead atoms. The molecule has 0 spiro atoms. The van der Waals surface area contributed by atoms with E-state index >= 15 is 0 Å². The van der Waals surface area contributed by atoms with Crippen LogP contribution in [0.1, 0.15) is 19.3 Å². The van der Waals surface area contributed by atoms with Crippen LogP contribution in [0.15, 0.2) is 42.7 Å². The number of benzene rings is 1. The van der Waals surface area contributed by atoms with Gasteiger partial charge in [0, 0.05) is 49.8 Å². The minimum Gasteiger partial charge on any atom is -0.473 e. The van der Waals surface area contributed by atoms with E-state index in [4.69, 9.17) is 19.6 Å². The molecule has 0 saturated carbocycles. The zero-order valence-electron chi connectivity index (χ0n) is 18.8. The lowest BCUT2D eigenvalue weighted by atomic mass is 10.1. The molecule has 0 radical (unpaired) electrons. The molecule has 2 aromatic heterocycles. The first kappa shape index (κ1) is 22.9. The Kier molecular flexibility index (Phi) is 6.59. The Labute approximate surface area is 198 Å². The number of rotatable bonds is 6. The molecule has 2 saturated heterocycles. The highest BCUT2D eigenvalue weighted by Gasteiger charge is 2.28. The number of morpholine rings is 1. The van der Waals surface area contributed by atoms with E-state index in [0.29, 0.717) is 16.9 Å². The molecule has 0 unspecified atom stereocenters. The van der Waals surface area contributed by atoms with Gasteiger partial charge in [-0.1, -0.05) is 12.1 Å². The molecule has 1 aromatic carbocycles. The average Bonchev–Trinajstić information content (AvgIpc) is 2.87. The predicted octanol–water partition coefficient (Wildman–Crippen LogP) is 1.97. The van der Waals surface area contributed by atoms with Crippen molar-refractivity contribution in [3.05, 3.63) is 42.7 Å². The van der Waals surface area contributed by atoms with E-state index in [-0.39, 0.29) is 26.3 Å². The summed E-state index contributed by atoms with van der Waals surface area (Å²) in [4.78, 5) is 15.9. The lowest BCUT2D eigenvalue weighted by molar-refractivity contribution is -0.0254. The molecule has 2 N–H and O–H groups in total. The van der Waals surface area contributed by atoms with Crippen LogP contribution in [0.4, 0.5) is 5.69 Å². The molecule has 3 aromatic rings. The topological polar surface area (TPSA) is 124 Å². The van der Waals surface area contributed by atoms with Gasteiger partial charge < -0.3 is 14.4 Å². The van der Waals surface area contributed by atoms with Gasteiger partial charge in [0.05, 0.1) is 17.8 Å². The predicted molar refractivity (Wildman–Crippen MR) is 129 cm³/mol. The van der Waals surface area contributed by atoms with Crippen LogP contribution in [0, 0.1) is 0 Å². The van der Waals surface area contributed by atoms with Crippen molar-refractivity contribution in [3.63, 3.8) is 0 Å². The Bertz CT molecular complexity index is 1250. The van der Waals surface area contributed by atoms with Crippen molar-refractivity contribution in [2.24, 2.45) is 5.14 Å². The van der Waals surface area contributed by atoms with E-state index in [1.165, 1.54) is 29.3 Å². The van der Waals surface area contributed by atoms with Gasteiger partial charge in [-0.05, 0) is 37.5 Å². The number of fused-ring (bicyclic) bond motifs is 1. The molecule has 2 aliphatic heterocycles. The van der Waals surface area contributed by atoms with Gasteiger partial charge in [0.2, 0.25) is 5.88 Å². The number of ether oxygens (including phenoxy) is 2. The highest BCUT2D eigenvalue weighted by molar-refractivity contribution is 7.86. The zero-order chi connectivity index (χ0) is 23.5. The maximum Gasteiger partial charge on any atom is 0.277 e. The van der Waals surface area contributed by atoms with Crippen molar-refractivity contribution in [1.82, 2.24) is 19.3 Å². The van der Waals surface area contributed by atoms with Crippen LogP contribution >= 0.6 is 0 Å². The summed E-state index contributed by atoms with van der Waals surface area (Å²) in [5.41, 5.74) is 4.10. The summed E-state index contributed by atoms with van der Waals surface area (Å²) in [5.74, 6) is 0.331. The Morgan fingerprint density at radius 3 is 2.59 bits per heavy atom. The fourth-order valence-electron chi connectivity index (χ4n) is 4.38. The van der Waals surface area contributed by atoms with Crippen LogP contribution in [-0.2, 0) is 14.9 Å². The fourth-order valence-corrected chi connectivity index (χ4v) is 5.09.